The lowest BCUT2D eigenvalue weighted by molar-refractivity contribution is 0.102. The molecule has 3 rings (SSSR count). The zero-order valence-electron chi connectivity index (χ0n) is 12.9. The van der Waals surface area contributed by atoms with Crippen LogP contribution in [-0.4, -0.2) is 25.1 Å². The van der Waals surface area contributed by atoms with Crippen LogP contribution in [0.1, 0.15) is 10.5 Å². The number of nitrogens with one attached hydrogen (secondary N) is 2. The van der Waals surface area contributed by atoms with E-state index in [0.29, 0.717) is 27.9 Å². The van der Waals surface area contributed by atoms with E-state index in [2.05, 4.69) is 26.2 Å². The summed E-state index contributed by atoms with van der Waals surface area (Å²) < 4.78 is 11.3. The van der Waals surface area contributed by atoms with Crippen molar-refractivity contribution in [2.45, 2.75) is 0 Å². The molecule has 0 aliphatic heterocycles. The summed E-state index contributed by atoms with van der Waals surface area (Å²) in [6.45, 7) is 0. The van der Waals surface area contributed by atoms with E-state index in [4.69, 9.17) is 21.1 Å². The van der Waals surface area contributed by atoms with Gasteiger partial charge in [-0.1, -0.05) is 27.5 Å². The van der Waals surface area contributed by atoms with Gasteiger partial charge in [-0.15, -0.1) is 0 Å². The highest BCUT2D eigenvalue weighted by atomic mass is 79.9. The normalized spacial score (nSPS) is 10.7. The first-order valence-electron chi connectivity index (χ1n) is 7.03. The molecule has 2 N–H and O–H groups in total. The first-order valence-corrected chi connectivity index (χ1v) is 8.20. The molecule has 0 radical (unpaired) electrons. The standard InChI is InChI=1S/C17H14BrClN2O3/c1-23-13-6-4-10(8-14(13)24-2)20-17(22)16-15(19)11-7-9(18)3-5-12(11)21-16/h3-8,21H,1-2H3,(H,20,22). The molecule has 0 bridgehead atoms. The maximum Gasteiger partial charge on any atom is 0.273 e. The van der Waals surface area contributed by atoms with Crippen LogP contribution in [-0.2, 0) is 0 Å². The minimum atomic E-state index is -0.334. The number of fused-ring (bicyclic) bond motifs is 1. The molecule has 1 aromatic heterocycles. The van der Waals surface area contributed by atoms with Crippen LogP contribution in [0.5, 0.6) is 11.5 Å². The van der Waals surface area contributed by atoms with E-state index in [-0.39, 0.29) is 5.91 Å². The summed E-state index contributed by atoms with van der Waals surface area (Å²) in [6.07, 6.45) is 0. The second-order valence-electron chi connectivity index (χ2n) is 5.03. The van der Waals surface area contributed by atoms with Crippen molar-refractivity contribution in [1.82, 2.24) is 4.98 Å². The molecule has 3 aromatic rings. The number of carbonyl (C=O) groups is 1. The Hall–Kier alpha value is -2.18. The van der Waals surface area contributed by atoms with Gasteiger partial charge in [-0.05, 0) is 30.3 Å². The van der Waals surface area contributed by atoms with Crippen molar-refractivity contribution in [2.75, 3.05) is 19.5 Å². The maximum atomic E-state index is 12.5. The smallest absolute Gasteiger partial charge is 0.273 e. The van der Waals surface area contributed by atoms with Gasteiger partial charge in [-0.3, -0.25) is 4.79 Å². The largest absolute Gasteiger partial charge is 0.493 e. The van der Waals surface area contributed by atoms with Crippen LogP contribution in [0.4, 0.5) is 5.69 Å². The minimum Gasteiger partial charge on any atom is -0.493 e. The molecular formula is C17H14BrClN2O3. The average molecular weight is 410 g/mol. The van der Waals surface area contributed by atoms with E-state index in [1.807, 2.05) is 18.2 Å². The lowest BCUT2D eigenvalue weighted by Gasteiger charge is -2.10. The zero-order chi connectivity index (χ0) is 17.3. The molecule has 0 spiro atoms. The van der Waals surface area contributed by atoms with Crippen molar-refractivity contribution in [3.05, 3.63) is 51.6 Å². The highest BCUT2D eigenvalue weighted by Crippen LogP contribution is 2.32. The van der Waals surface area contributed by atoms with Gasteiger partial charge in [0, 0.05) is 27.1 Å². The van der Waals surface area contributed by atoms with Crippen LogP contribution < -0.4 is 14.8 Å². The SMILES string of the molecule is COc1ccc(NC(=O)c2[nH]c3ccc(Br)cc3c2Cl)cc1OC. The Morgan fingerprint density at radius 2 is 1.88 bits per heavy atom. The quantitative estimate of drug-likeness (QED) is 0.647. The van der Waals surface area contributed by atoms with Crippen LogP contribution in [0.2, 0.25) is 5.02 Å². The fourth-order valence-corrected chi connectivity index (χ4v) is 3.05. The van der Waals surface area contributed by atoms with Crippen molar-refractivity contribution >= 4 is 50.0 Å². The Morgan fingerprint density at radius 1 is 1.12 bits per heavy atom. The van der Waals surface area contributed by atoms with Crippen molar-refractivity contribution < 1.29 is 14.3 Å². The number of aromatic nitrogens is 1. The van der Waals surface area contributed by atoms with Gasteiger partial charge in [0.05, 0.1) is 19.2 Å². The van der Waals surface area contributed by atoms with Gasteiger partial charge >= 0.3 is 0 Å². The summed E-state index contributed by atoms with van der Waals surface area (Å²) in [6, 6.07) is 10.7. The predicted octanol–water partition coefficient (Wildman–Crippen LogP) is 4.85. The fourth-order valence-electron chi connectivity index (χ4n) is 2.40. The zero-order valence-corrected chi connectivity index (χ0v) is 15.3. The number of hydrogen-bond donors (Lipinski definition) is 2. The van der Waals surface area contributed by atoms with E-state index in [1.165, 1.54) is 7.11 Å². The van der Waals surface area contributed by atoms with E-state index in [0.717, 1.165) is 15.4 Å². The molecular weight excluding hydrogens is 396 g/mol. The number of rotatable bonds is 4. The molecule has 2 aromatic carbocycles. The second-order valence-corrected chi connectivity index (χ2v) is 6.32. The molecule has 124 valence electrons. The Kier molecular flexibility index (Phi) is 4.69. The van der Waals surface area contributed by atoms with E-state index in [1.54, 1.807) is 25.3 Å². The van der Waals surface area contributed by atoms with Gasteiger partial charge in [0.1, 0.15) is 5.69 Å². The van der Waals surface area contributed by atoms with Crippen LogP contribution in [0.3, 0.4) is 0 Å². The topological polar surface area (TPSA) is 63.3 Å². The molecule has 0 unspecified atom stereocenters. The third-order valence-electron chi connectivity index (χ3n) is 3.57. The van der Waals surface area contributed by atoms with E-state index < -0.39 is 0 Å². The molecule has 0 aliphatic carbocycles. The summed E-state index contributed by atoms with van der Waals surface area (Å²) in [4.78, 5) is 15.6. The number of aromatic amines is 1. The number of carbonyl (C=O) groups excluding carboxylic acids is 1. The number of H-pyrrole nitrogens is 1. The summed E-state index contributed by atoms with van der Waals surface area (Å²) >= 11 is 9.74. The Morgan fingerprint density at radius 3 is 2.58 bits per heavy atom. The van der Waals surface area contributed by atoms with Crippen LogP contribution in [0.15, 0.2) is 40.9 Å². The molecule has 5 nitrogen and oxygen atoms in total. The number of benzene rings is 2. The lowest BCUT2D eigenvalue weighted by Crippen LogP contribution is -2.12. The fraction of sp³-hybridized carbons (Fsp3) is 0.118. The van der Waals surface area contributed by atoms with Gasteiger partial charge in [-0.2, -0.15) is 0 Å². The summed E-state index contributed by atoms with van der Waals surface area (Å²) in [5.41, 5.74) is 1.67. The number of anilines is 1. The molecule has 1 heterocycles. The molecule has 0 atom stereocenters. The van der Waals surface area contributed by atoms with Crippen LogP contribution in [0, 0.1) is 0 Å². The molecule has 0 saturated carbocycles. The third-order valence-corrected chi connectivity index (χ3v) is 4.45. The Balaban J connectivity index is 1.91. The minimum absolute atomic E-state index is 0.305. The third kappa shape index (κ3) is 3.07. The van der Waals surface area contributed by atoms with E-state index >= 15 is 0 Å². The highest BCUT2D eigenvalue weighted by Gasteiger charge is 2.17. The van der Waals surface area contributed by atoms with Gasteiger partial charge in [-0.25, -0.2) is 0 Å². The number of halogens is 2. The molecule has 7 heteroatoms. The van der Waals surface area contributed by atoms with Crippen molar-refractivity contribution in [3.8, 4) is 11.5 Å². The van der Waals surface area contributed by atoms with Crippen molar-refractivity contribution in [3.63, 3.8) is 0 Å². The number of methoxy groups -OCH3 is 2. The van der Waals surface area contributed by atoms with Gasteiger partial charge in [0.25, 0.3) is 5.91 Å². The predicted molar refractivity (Wildman–Crippen MR) is 98.5 cm³/mol. The number of ether oxygens (including phenoxy) is 2. The van der Waals surface area contributed by atoms with Gasteiger partial charge in [0.15, 0.2) is 11.5 Å². The highest BCUT2D eigenvalue weighted by molar-refractivity contribution is 9.10. The molecule has 0 aliphatic rings. The maximum absolute atomic E-state index is 12.5. The van der Waals surface area contributed by atoms with Gasteiger partial charge in [0.2, 0.25) is 0 Å². The monoisotopic (exact) mass is 408 g/mol. The summed E-state index contributed by atoms with van der Waals surface area (Å²) in [7, 11) is 3.09. The van der Waals surface area contributed by atoms with E-state index in [9.17, 15) is 4.79 Å². The molecule has 1 amide bonds. The number of hydrogen-bond acceptors (Lipinski definition) is 3. The van der Waals surface area contributed by atoms with Crippen molar-refractivity contribution in [2.24, 2.45) is 0 Å². The molecule has 0 fully saturated rings. The molecule has 0 saturated heterocycles. The van der Waals surface area contributed by atoms with Crippen LogP contribution in [0.25, 0.3) is 10.9 Å². The molecule has 24 heavy (non-hydrogen) atoms. The van der Waals surface area contributed by atoms with Crippen molar-refractivity contribution in [1.29, 1.82) is 0 Å². The number of amides is 1. The Bertz CT molecular complexity index is 924. The first kappa shape index (κ1) is 16.7. The second kappa shape index (κ2) is 6.75. The average Bonchev–Trinajstić information content (AvgIpc) is 2.91. The Labute approximate surface area is 152 Å². The summed E-state index contributed by atoms with van der Waals surface area (Å²) in [5, 5.41) is 3.96. The summed E-state index contributed by atoms with van der Waals surface area (Å²) in [5.74, 6) is 0.783. The lowest BCUT2D eigenvalue weighted by atomic mass is 10.2. The van der Waals surface area contributed by atoms with Crippen LogP contribution >= 0.6 is 27.5 Å². The van der Waals surface area contributed by atoms with Gasteiger partial charge < -0.3 is 19.8 Å². The first-order chi connectivity index (χ1) is 11.5.